The molecule has 1 heterocycles. The molecule has 0 fully saturated rings. The number of nitrogens with zero attached hydrogens (tertiary/aromatic N) is 2. The Hall–Kier alpha value is -2.66. The zero-order chi connectivity index (χ0) is 18.8. The summed E-state index contributed by atoms with van der Waals surface area (Å²) in [5.41, 5.74) is 2.02. The summed E-state index contributed by atoms with van der Waals surface area (Å²) in [7, 11) is 3.95. The van der Waals surface area contributed by atoms with Crippen LogP contribution in [0.15, 0.2) is 42.5 Å². The van der Waals surface area contributed by atoms with Crippen LogP contribution in [-0.4, -0.2) is 55.4 Å². The topological polar surface area (TPSA) is 49.9 Å². The van der Waals surface area contributed by atoms with Gasteiger partial charge in [-0.2, -0.15) is 0 Å². The minimum absolute atomic E-state index is 0.232. The van der Waals surface area contributed by atoms with E-state index in [1.807, 2.05) is 38.1 Å². The minimum atomic E-state index is -0.232. The number of carbonyl (C=O) groups excluding carboxylic acids is 2. The van der Waals surface area contributed by atoms with Crippen molar-refractivity contribution in [2.24, 2.45) is 0 Å². The summed E-state index contributed by atoms with van der Waals surface area (Å²) in [6, 6.07) is 9.06. The molecular formula is C21H24N2O3. The third kappa shape index (κ3) is 3.35. The largest absolute Gasteiger partial charge is 0.489 e. The third-order valence-corrected chi connectivity index (χ3v) is 4.41. The number of ether oxygens (including phenoxy) is 1. The molecule has 2 aromatic carbocycles. The highest BCUT2D eigenvalue weighted by molar-refractivity contribution is 6.26. The van der Waals surface area contributed by atoms with Crippen LogP contribution >= 0.6 is 0 Å². The van der Waals surface area contributed by atoms with E-state index >= 15 is 0 Å². The lowest BCUT2D eigenvalue weighted by atomic mass is 9.93. The molecule has 5 heteroatoms. The Kier molecular flexibility index (Phi) is 5.09. The second kappa shape index (κ2) is 7.30. The van der Waals surface area contributed by atoms with Gasteiger partial charge in [0.1, 0.15) is 12.4 Å². The number of rotatable bonds is 7. The summed E-state index contributed by atoms with van der Waals surface area (Å²) in [5, 5.41) is 1.47. The first-order valence-corrected chi connectivity index (χ1v) is 8.74. The summed E-state index contributed by atoms with van der Waals surface area (Å²) in [6.45, 7) is 7.37. The predicted molar refractivity (Wildman–Crippen MR) is 103 cm³/mol. The van der Waals surface area contributed by atoms with E-state index in [2.05, 4.69) is 6.58 Å². The molecule has 0 N–H and O–H groups in total. The zero-order valence-corrected chi connectivity index (χ0v) is 15.5. The fourth-order valence-electron chi connectivity index (χ4n) is 3.19. The van der Waals surface area contributed by atoms with E-state index in [-0.39, 0.29) is 11.8 Å². The van der Waals surface area contributed by atoms with Gasteiger partial charge in [-0.3, -0.25) is 14.5 Å². The molecule has 0 unspecified atom stereocenters. The summed E-state index contributed by atoms with van der Waals surface area (Å²) in [5.74, 6) is 0.197. The summed E-state index contributed by atoms with van der Waals surface area (Å²) < 4.78 is 5.81. The van der Waals surface area contributed by atoms with Crippen molar-refractivity contribution in [1.82, 2.24) is 9.80 Å². The van der Waals surface area contributed by atoms with Gasteiger partial charge in [-0.05, 0) is 57.8 Å². The van der Waals surface area contributed by atoms with Gasteiger partial charge in [-0.15, -0.1) is 0 Å². The first kappa shape index (κ1) is 18.1. The zero-order valence-electron chi connectivity index (χ0n) is 15.5. The van der Waals surface area contributed by atoms with Crippen molar-refractivity contribution in [3.63, 3.8) is 0 Å². The van der Waals surface area contributed by atoms with Crippen LogP contribution in [-0.2, 0) is 0 Å². The molecule has 0 atom stereocenters. The molecule has 5 nitrogen and oxygen atoms in total. The molecule has 0 aliphatic carbocycles. The second-order valence-corrected chi connectivity index (χ2v) is 7.00. The van der Waals surface area contributed by atoms with Crippen LogP contribution < -0.4 is 4.74 Å². The lowest BCUT2D eigenvalue weighted by Gasteiger charge is -2.28. The minimum Gasteiger partial charge on any atom is -0.489 e. The Morgan fingerprint density at radius 1 is 1.12 bits per heavy atom. The highest BCUT2D eigenvalue weighted by atomic mass is 16.5. The van der Waals surface area contributed by atoms with Gasteiger partial charge in [0.05, 0.1) is 0 Å². The maximum Gasteiger partial charge on any atom is 0.261 e. The van der Waals surface area contributed by atoms with Gasteiger partial charge < -0.3 is 9.64 Å². The molecule has 1 aliphatic rings. The van der Waals surface area contributed by atoms with Gasteiger partial charge in [0.25, 0.3) is 11.8 Å². The molecule has 3 rings (SSSR count). The number of amides is 2. The lowest BCUT2D eigenvalue weighted by molar-refractivity contribution is 0.0606. The molecule has 26 heavy (non-hydrogen) atoms. The van der Waals surface area contributed by atoms with E-state index < -0.39 is 0 Å². The Morgan fingerprint density at radius 2 is 1.81 bits per heavy atom. The van der Waals surface area contributed by atoms with E-state index in [1.54, 1.807) is 18.2 Å². The molecule has 0 bridgehead atoms. The van der Waals surface area contributed by atoms with Crippen LogP contribution in [0.4, 0.5) is 0 Å². The quantitative estimate of drug-likeness (QED) is 0.566. The maximum atomic E-state index is 12.9. The van der Waals surface area contributed by atoms with Crippen molar-refractivity contribution in [3.8, 4) is 5.75 Å². The SMILES string of the molecule is C=C(C)COc1ccc2c3c(cccc13)C(=O)N(CCCN(C)C)C2=O. The molecule has 1 aliphatic heterocycles. The number of hydrogen-bond donors (Lipinski definition) is 0. The molecule has 0 spiro atoms. The van der Waals surface area contributed by atoms with Crippen molar-refractivity contribution in [2.45, 2.75) is 13.3 Å². The molecule has 136 valence electrons. The molecule has 2 amide bonds. The first-order valence-electron chi connectivity index (χ1n) is 8.74. The fraction of sp³-hybridized carbons (Fsp3) is 0.333. The van der Waals surface area contributed by atoms with Gasteiger partial charge in [-0.25, -0.2) is 0 Å². The first-order chi connectivity index (χ1) is 12.4. The van der Waals surface area contributed by atoms with Crippen molar-refractivity contribution in [2.75, 3.05) is 33.8 Å². The molecular weight excluding hydrogens is 328 g/mol. The summed E-state index contributed by atoms with van der Waals surface area (Å²) in [6.07, 6.45) is 0.746. The van der Waals surface area contributed by atoms with Crippen molar-refractivity contribution in [1.29, 1.82) is 0 Å². The summed E-state index contributed by atoms with van der Waals surface area (Å²) in [4.78, 5) is 29.2. The van der Waals surface area contributed by atoms with Gasteiger partial charge in [-0.1, -0.05) is 18.7 Å². The van der Waals surface area contributed by atoms with Crippen LogP contribution in [0.5, 0.6) is 5.75 Å². The Labute approximate surface area is 153 Å². The highest BCUT2D eigenvalue weighted by Gasteiger charge is 2.33. The van der Waals surface area contributed by atoms with Crippen LogP contribution in [0.3, 0.4) is 0 Å². The number of imide groups is 1. The van der Waals surface area contributed by atoms with E-state index in [4.69, 9.17) is 4.74 Å². The van der Waals surface area contributed by atoms with Crippen molar-refractivity contribution in [3.05, 3.63) is 53.6 Å². The van der Waals surface area contributed by atoms with Crippen molar-refractivity contribution < 1.29 is 14.3 Å². The van der Waals surface area contributed by atoms with Crippen LogP contribution in [0.2, 0.25) is 0 Å². The smallest absolute Gasteiger partial charge is 0.261 e. The fourth-order valence-corrected chi connectivity index (χ4v) is 3.19. The van der Waals surface area contributed by atoms with Crippen molar-refractivity contribution >= 4 is 22.6 Å². The summed E-state index contributed by atoms with van der Waals surface area (Å²) >= 11 is 0. The highest BCUT2D eigenvalue weighted by Crippen LogP contribution is 2.35. The maximum absolute atomic E-state index is 12.9. The van der Waals surface area contributed by atoms with E-state index in [1.165, 1.54) is 4.90 Å². The molecule has 0 radical (unpaired) electrons. The van der Waals surface area contributed by atoms with E-state index in [9.17, 15) is 9.59 Å². The predicted octanol–water partition coefficient (Wildman–Crippen LogP) is 3.34. The second-order valence-electron chi connectivity index (χ2n) is 7.00. The third-order valence-electron chi connectivity index (χ3n) is 4.41. The van der Waals surface area contributed by atoms with Crippen LogP contribution in [0.25, 0.3) is 10.8 Å². The van der Waals surface area contributed by atoms with E-state index in [0.29, 0.717) is 35.4 Å². The van der Waals surface area contributed by atoms with Gasteiger partial charge >= 0.3 is 0 Å². The van der Waals surface area contributed by atoms with Gasteiger partial charge in [0, 0.05) is 28.4 Å². The average molecular weight is 352 g/mol. The van der Waals surface area contributed by atoms with Crippen LogP contribution in [0.1, 0.15) is 34.1 Å². The number of carbonyl (C=O) groups is 2. The van der Waals surface area contributed by atoms with Gasteiger partial charge in [0.2, 0.25) is 0 Å². The van der Waals surface area contributed by atoms with Gasteiger partial charge in [0.15, 0.2) is 0 Å². The standard InChI is InChI=1S/C21H24N2O3/c1-14(2)13-26-18-10-9-17-19-15(18)7-5-8-16(19)20(24)23(21(17)25)12-6-11-22(3)4/h5,7-10H,1,6,11-13H2,2-4H3. The number of hydrogen-bond acceptors (Lipinski definition) is 4. The Balaban J connectivity index is 1.99. The monoisotopic (exact) mass is 352 g/mol. The van der Waals surface area contributed by atoms with Crippen LogP contribution in [0, 0.1) is 0 Å². The Morgan fingerprint density at radius 3 is 2.46 bits per heavy atom. The van der Waals surface area contributed by atoms with E-state index in [0.717, 1.165) is 23.9 Å². The molecule has 2 aromatic rings. The average Bonchev–Trinajstić information content (AvgIpc) is 2.60. The Bertz CT molecular complexity index is 864. The molecule has 0 aromatic heterocycles. The molecule has 0 saturated heterocycles. The normalized spacial score (nSPS) is 13.6. The number of benzene rings is 2. The lowest BCUT2D eigenvalue weighted by Crippen LogP contribution is -2.41. The molecule has 0 saturated carbocycles.